The summed E-state index contributed by atoms with van der Waals surface area (Å²) in [5.41, 5.74) is 5.13. The fraction of sp³-hybridized carbons (Fsp3) is 0.478. The van der Waals surface area contributed by atoms with Crippen molar-refractivity contribution in [3.63, 3.8) is 0 Å². The first kappa shape index (κ1) is 16.0. The standard InChI is InChI=1S/C23H27NO2/c1-13-9-8-10-16-18(13)24-14(2)17-15-11-12-25-20(15)26-19(17)23(24,7)22(5,6)21(16,3)4/h8-12,14H,1-7H3. The molecule has 0 saturated heterocycles. The van der Waals surface area contributed by atoms with Crippen molar-refractivity contribution < 1.29 is 8.83 Å². The molecule has 2 unspecified atom stereocenters. The van der Waals surface area contributed by atoms with E-state index in [-0.39, 0.29) is 22.4 Å². The third-order valence-electron chi connectivity index (χ3n) is 8.02. The second-order valence-corrected chi connectivity index (χ2v) is 9.31. The Morgan fingerprint density at radius 1 is 1.04 bits per heavy atom. The first-order valence-corrected chi connectivity index (χ1v) is 9.54. The maximum atomic E-state index is 6.37. The van der Waals surface area contributed by atoms with Gasteiger partial charge in [0.15, 0.2) is 0 Å². The van der Waals surface area contributed by atoms with Gasteiger partial charge in [0.2, 0.25) is 0 Å². The molecule has 0 amide bonds. The van der Waals surface area contributed by atoms with Gasteiger partial charge in [-0.15, -0.1) is 0 Å². The molecule has 3 nitrogen and oxygen atoms in total. The normalized spacial score (nSPS) is 28.1. The van der Waals surface area contributed by atoms with E-state index in [2.05, 4.69) is 71.6 Å². The van der Waals surface area contributed by atoms with Gasteiger partial charge in [-0.25, -0.2) is 0 Å². The molecule has 0 aliphatic carbocycles. The summed E-state index contributed by atoms with van der Waals surface area (Å²) in [4.78, 5) is 2.61. The van der Waals surface area contributed by atoms with Crippen molar-refractivity contribution in [2.75, 3.05) is 4.90 Å². The monoisotopic (exact) mass is 349 g/mol. The Morgan fingerprint density at radius 3 is 2.50 bits per heavy atom. The maximum Gasteiger partial charge on any atom is 0.297 e. The quantitative estimate of drug-likeness (QED) is 0.467. The molecule has 2 aliphatic heterocycles. The van der Waals surface area contributed by atoms with Gasteiger partial charge in [0.05, 0.1) is 17.7 Å². The Labute approximate surface area is 155 Å². The lowest BCUT2D eigenvalue weighted by Crippen LogP contribution is -2.62. The smallest absolute Gasteiger partial charge is 0.297 e. The third kappa shape index (κ3) is 1.42. The van der Waals surface area contributed by atoms with Gasteiger partial charge >= 0.3 is 0 Å². The average Bonchev–Trinajstić information content (AvgIpc) is 3.19. The van der Waals surface area contributed by atoms with E-state index in [9.17, 15) is 0 Å². The number of fused-ring (bicyclic) bond motifs is 7. The van der Waals surface area contributed by atoms with E-state index in [1.54, 1.807) is 6.26 Å². The number of benzene rings is 1. The lowest BCUT2D eigenvalue weighted by Gasteiger charge is -2.61. The zero-order valence-corrected chi connectivity index (χ0v) is 16.7. The molecule has 136 valence electrons. The Kier molecular flexibility index (Phi) is 2.71. The average molecular weight is 349 g/mol. The van der Waals surface area contributed by atoms with Crippen LogP contribution in [-0.2, 0) is 11.0 Å². The summed E-state index contributed by atoms with van der Waals surface area (Å²) in [5, 5.41) is 1.12. The number of rotatable bonds is 0. The molecule has 0 radical (unpaired) electrons. The highest BCUT2D eigenvalue weighted by Crippen LogP contribution is 2.68. The van der Waals surface area contributed by atoms with Crippen molar-refractivity contribution >= 4 is 16.9 Å². The van der Waals surface area contributed by atoms with Crippen molar-refractivity contribution in [1.29, 1.82) is 0 Å². The van der Waals surface area contributed by atoms with E-state index in [0.717, 1.165) is 11.1 Å². The van der Waals surface area contributed by atoms with Gasteiger partial charge in [-0.1, -0.05) is 45.9 Å². The van der Waals surface area contributed by atoms with Crippen LogP contribution < -0.4 is 4.90 Å². The van der Waals surface area contributed by atoms with Crippen molar-refractivity contribution in [2.45, 2.75) is 65.5 Å². The minimum atomic E-state index is -0.244. The molecule has 2 atom stereocenters. The molecule has 0 spiro atoms. The molecular weight excluding hydrogens is 322 g/mol. The van der Waals surface area contributed by atoms with Gasteiger partial charge in [0, 0.05) is 16.7 Å². The Hall–Kier alpha value is -2.16. The van der Waals surface area contributed by atoms with Gasteiger partial charge in [-0.3, -0.25) is 0 Å². The highest BCUT2D eigenvalue weighted by molar-refractivity contribution is 5.84. The number of hydrogen-bond acceptors (Lipinski definition) is 3. The second kappa shape index (κ2) is 4.39. The number of hydrogen-bond donors (Lipinski definition) is 0. The van der Waals surface area contributed by atoms with Crippen LogP contribution in [0.2, 0.25) is 0 Å². The van der Waals surface area contributed by atoms with E-state index in [4.69, 9.17) is 8.83 Å². The summed E-state index contributed by atoms with van der Waals surface area (Å²) in [6.45, 7) is 16.4. The van der Waals surface area contributed by atoms with Crippen LogP contribution in [0.4, 0.5) is 5.69 Å². The molecule has 2 aromatic heterocycles. The first-order valence-electron chi connectivity index (χ1n) is 9.54. The van der Waals surface area contributed by atoms with Crippen LogP contribution in [0.3, 0.4) is 0 Å². The molecule has 0 bridgehead atoms. The predicted molar refractivity (Wildman–Crippen MR) is 105 cm³/mol. The summed E-state index contributed by atoms with van der Waals surface area (Å²) in [6, 6.07) is 9.02. The van der Waals surface area contributed by atoms with Crippen LogP contribution in [0.15, 0.2) is 39.4 Å². The van der Waals surface area contributed by atoms with Crippen LogP contribution in [0, 0.1) is 12.3 Å². The van der Waals surface area contributed by atoms with Gasteiger partial charge in [0.1, 0.15) is 11.3 Å². The number of aryl methyl sites for hydroxylation is 1. The number of para-hydroxylation sites is 1. The second-order valence-electron chi connectivity index (χ2n) is 9.31. The Morgan fingerprint density at radius 2 is 1.77 bits per heavy atom. The number of furan rings is 2. The topological polar surface area (TPSA) is 29.5 Å². The molecule has 3 aromatic rings. The lowest BCUT2D eigenvalue weighted by atomic mass is 9.52. The number of anilines is 1. The molecular formula is C23H27NO2. The molecule has 0 N–H and O–H groups in total. The Balaban J connectivity index is 1.94. The fourth-order valence-electron chi connectivity index (χ4n) is 5.68. The van der Waals surface area contributed by atoms with Crippen molar-refractivity contribution in [2.24, 2.45) is 5.41 Å². The summed E-state index contributed by atoms with van der Waals surface area (Å²) in [7, 11) is 0. The molecule has 4 heterocycles. The van der Waals surface area contributed by atoms with Crippen molar-refractivity contribution in [1.82, 2.24) is 0 Å². The van der Waals surface area contributed by atoms with Gasteiger partial charge in [-0.05, 0) is 43.4 Å². The summed E-state index contributed by atoms with van der Waals surface area (Å²) in [6.07, 6.45) is 1.73. The van der Waals surface area contributed by atoms with Crippen molar-refractivity contribution in [3.8, 4) is 0 Å². The van der Waals surface area contributed by atoms with Crippen LogP contribution >= 0.6 is 0 Å². The molecule has 5 rings (SSSR count). The lowest BCUT2D eigenvalue weighted by molar-refractivity contribution is 0.0513. The van der Waals surface area contributed by atoms with E-state index >= 15 is 0 Å². The maximum absolute atomic E-state index is 6.37. The van der Waals surface area contributed by atoms with Gasteiger partial charge in [0.25, 0.3) is 5.78 Å². The minimum Gasteiger partial charge on any atom is -0.433 e. The van der Waals surface area contributed by atoms with E-state index in [1.807, 2.05) is 6.07 Å². The molecule has 0 saturated carbocycles. The summed E-state index contributed by atoms with van der Waals surface area (Å²) < 4.78 is 12.0. The molecule has 1 aromatic carbocycles. The Bertz CT molecular complexity index is 1050. The van der Waals surface area contributed by atoms with E-state index in [1.165, 1.54) is 22.4 Å². The molecule has 3 heteroatoms. The highest BCUT2D eigenvalue weighted by Gasteiger charge is 2.66. The van der Waals surface area contributed by atoms with Crippen LogP contribution in [0.25, 0.3) is 11.2 Å². The largest absolute Gasteiger partial charge is 0.433 e. The number of nitrogens with zero attached hydrogens (tertiary/aromatic N) is 1. The van der Waals surface area contributed by atoms with Crippen LogP contribution in [0.1, 0.15) is 70.0 Å². The SMILES string of the molecule is Cc1cccc2c1N1C(C)c3c(oc4occc34)C1(C)C(C)(C)C2(C)C. The molecule has 0 fully saturated rings. The van der Waals surface area contributed by atoms with Gasteiger partial charge < -0.3 is 13.7 Å². The van der Waals surface area contributed by atoms with Gasteiger partial charge in [-0.2, -0.15) is 0 Å². The highest BCUT2D eigenvalue weighted by atomic mass is 16.5. The third-order valence-corrected chi connectivity index (χ3v) is 8.02. The van der Waals surface area contributed by atoms with E-state index in [0.29, 0.717) is 5.78 Å². The van der Waals surface area contributed by atoms with Crippen molar-refractivity contribution in [3.05, 3.63) is 53.0 Å². The summed E-state index contributed by atoms with van der Waals surface area (Å²) in [5.74, 6) is 1.73. The fourth-order valence-corrected chi connectivity index (χ4v) is 5.68. The minimum absolute atomic E-state index is 0.00510. The zero-order chi connectivity index (χ0) is 18.6. The van der Waals surface area contributed by atoms with Crippen LogP contribution in [-0.4, -0.2) is 0 Å². The first-order chi connectivity index (χ1) is 12.1. The predicted octanol–water partition coefficient (Wildman–Crippen LogP) is 6.45. The molecule has 26 heavy (non-hydrogen) atoms. The van der Waals surface area contributed by atoms with Crippen LogP contribution in [0.5, 0.6) is 0 Å². The molecule has 2 aliphatic rings. The summed E-state index contributed by atoms with van der Waals surface area (Å²) >= 11 is 0. The zero-order valence-electron chi connectivity index (χ0n) is 16.7. The van der Waals surface area contributed by atoms with E-state index < -0.39 is 0 Å².